The monoisotopic (exact) mass is 436 g/mol. The van der Waals surface area contributed by atoms with Gasteiger partial charge in [-0.2, -0.15) is 0 Å². The fourth-order valence-corrected chi connectivity index (χ4v) is 2.47. The summed E-state index contributed by atoms with van der Waals surface area (Å²) >= 11 is 0. The van der Waals surface area contributed by atoms with Crippen molar-refractivity contribution >= 4 is 23.5 Å². The molecule has 0 heterocycles. The Bertz CT molecular complexity index is 931. The number of benzene rings is 2. The highest BCUT2D eigenvalue weighted by Gasteiger charge is 2.14. The van der Waals surface area contributed by atoms with Gasteiger partial charge < -0.3 is 24.8 Å². The first kappa shape index (κ1) is 23.6. The van der Waals surface area contributed by atoms with E-state index < -0.39 is 42.6 Å². The minimum atomic E-state index is -0.870. The van der Waals surface area contributed by atoms with Crippen molar-refractivity contribution in [1.82, 2.24) is 5.32 Å². The predicted octanol–water partition coefficient (Wildman–Crippen LogP) is 2.67. The molecule has 2 N–H and O–H groups in total. The number of amides is 2. The lowest BCUT2D eigenvalue weighted by Crippen LogP contribution is -2.32. The molecule has 2 amide bonds. The third-order valence-electron chi connectivity index (χ3n) is 3.71. The van der Waals surface area contributed by atoms with Crippen LogP contribution in [0.15, 0.2) is 36.4 Å². The molecule has 10 heteroatoms. The van der Waals surface area contributed by atoms with E-state index in [1.165, 1.54) is 12.1 Å². The van der Waals surface area contributed by atoms with E-state index in [1.54, 1.807) is 13.0 Å². The average Bonchev–Trinajstić information content (AvgIpc) is 2.71. The Balaban J connectivity index is 1.83. The summed E-state index contributed by atoms with van der Waals surface area (Å²) in [6, 6.07) is 7.06. The molecule has 0 fully saturated rings. The van der Waals surface area contributed by atoms with E-state index in [1.807, 2.05) is 6.92 Å². The molecule has 0 unspecified atom stereocenters. The number of hydrogen-bond donors (Lipinski definition) is 2. The molecule has 2 aromatic rings. The van der Waals surface area contributed by atoms with E-state index in [4.69, 9.17) is 14.2 Å². The smallest absolute Gasteiger partial charge is 0.325 e. The molecule has 31 heavy (non-hydrogen) atoms. The van der Waals surface area contributed by atoms with Crippen molar-refractivity contribution in [3.63, 3.8) is 0 Å². The van der Waals surface area contributed by atoms with Crippen molar-refractivity contribution in [1.29, 1.82) is 0 Å². The molecule has 0 radical (unpaired) electrons. The number of esters is 1. The quantitative estimate of drug-likeness (QED) is 0.555. The number of halogens is 2. The number of anilines is 1. The Labute approximate surface area is 177 Å². The average molecular weight is 436 g/mol. The second-order valence-electron chi connectivity index (χ2n) is 6.08. The van der Waals surface area contributed by atoms with Gasteiger partial charge in [0, 0.05) is 17.3 Å². The van der Waals surface area contributed by atoms with Gasteiger partial charge >= 0.3 is 5.97 Å². The van der Waals surface area contributed by atoms with Gasteiger partial charge in [-0.15, -0.1) is 0 Å². The number of hydrogen-bond acceptors (Lipinski definition) is 6. The lowest BCUT2D eigenvalue weighted by Gasteiger charge is -2.12. The third kappa shape index (κ3) is 7.57. The van der Waals surface area contributed by atoms with Gasteiger partial charge in [0.25, 0.3) is 11.8 Å². The van der Waals surface area contributed by atoms with Crippen LogP contribution >= 0.6 is 0 Å². The second-order valence-corrected chi connectivity index (χ2v) is 6.08. The van der Waals surface area contributed by atoms with Gasteiger partial charge in [-0.3, -0.25) is 14.4 Å². The summed E-state index contributed by atoms with van der Waals surface area (Å²) in [5.74, 6) is -3.06. The molecule has 2 rings (SSSR count). The van der Waals surface area contributed by atoms with Gasteiger partial charge in [-0.1, -0.05) is 0 Å². The lowest BCUT2D eigenvalue weighted by atomic mass is 10.2. The van der Waals surface area contributed by atoms with Crippen molar-refractivity contribution in [2.24, 2.45) is 0 Å². The van der Waals surface area contributed by atoms with Crippen LogP contribution in [0.5, 0.6) is 11.5 Å². The predicted molar refractivity (Wildman–Crippen MR) is 107 cm³/mol. The molecule has 0 atom stereocenters. The van der Waals surface area contributed by atoms with Crippen molar-refractivity contribution < 1.29 is 37.4 Å². The zero-order chi connectivity index (χ0) is 22.8. The Morgan fingerprint density at radius 3 is 2.19 bits per heavy atom. The van der Waals surface area contributed by atoms with Crippen molar-refractivity contribution in [3.05, 3.63) is 53.6 Å². The van der Waals surface area contributed by atoms with E-state index in [2.05, 4.69) is 10.6 Å². The molecule has 0 spiro atoms. The fraction of sp³-hybridized carbons (Fsp3) is 0.286. The minimum Gasteiger partial charge on any atom is -0.490 e. The Morgan fingerprint density at radius 1 is 0.903 bits per heavy atom. The van der Waals surface area contributed by atoms with Gasteiger partial charge in [0.05, 0.1) is 13.2 Å². The summed E-state index contributed by atoms with van der Waals surface area (Å²) in [6.07, 6.45) is 0. The second kappa shape index (κ2) is 11.5. The molecule has 0 saturated carbocycles. The van der Waals surface area contributed by atoms with Crippen LogP contribution in [-0.2, 0) is 14.3 Å². The minimum absolute atomic E-state index is 0.118. The van der Waals surface area contributed by atoms with Gasteiger partial charge in [0.1, 0.15) is 18.2 Å². The summed E-state index contributed by atoms with van der Waals surface area (Å²) in [4.78, 5) is 35.8. The van der Waals surface area contributed by atoms with E-state index in [-0.39, 0.29) is 11.3 Å². The summed E-state index contributed by atoms with van der Waals surface area (Å²) in [6.45, 7) is 3.24. The van der Waals surface area contributed by atoms with Crippen molar-refractivity contribution in [2.75, 3.05) is 31.7 Å². The first-order valence-electron chi connectivity index (χ1n) is 9.41. The van der Waals surface area contributed by atoms with E-state index in [9.17, 15) is 23.2 Å². The molecule has 0 aromatic heterocycles. The summed E-state index contributed by atoms with van der Waals surface area (Å²) in [7, 11) is 0. The Kier molecular flexibility index (Phi) is 8.74. The largest absolute Gasteiger partial charge is 0.490 e. The molecule has 0 aliphatic rings. The van der Waals surface area contributed by atoms with Crippen molar-refractivity contribution in [2.45, 2.75) is 13.8 Å². The number of nitrogens with one attached hydrogen (secondary N) is 2. The van der Waals surface area contributed by atoms with Crippen LogP contribution in [0.1, 0.15) is 24.2 Å². The van der Waals surface area contributed by atoms with Crippen molar-refractivity contribution in [3.8, 4) is 11.5 Å². The number of carbonyl (C=O) groups excluding carboxylic acids is 3. The highest BCUT2D eigenvalue weighted by molar-refractivity contribution is 5.97. The summed E-state index contributed by atoms with van der Waals surface area (Å²) in [5.41, 5.74) is 0.123. The first-order valence-corrected chi connectivity index (χ1v) is 9.41. The van der Waals surface area contributed by atoms with E-state index >= 15 is 0 Å². The SMILES string of the molecule is CCOc1ccc(C(=O)NCC(=O)OCC(=O)Nc2cc(F)cc(F)c2)cc1OCC. The molecule has 0 saturated heterocycles. The molecule has 0 bridgehead atoms. The maximum Gasteiger partial charge on any atom is 0.325 e. The highest BCUT2D eigenvalue weighted by atomic mass is 19.1. The molecule has 166 valence electrons. The maximum absolute atomic E-state index is 13.1. The standard InChI is InChI=1S/C21H22F2N2O6/c1-3-29-17-6-5-13(7-18(17)30-4-2)21(28)24-11-20(27)31-12-19(26)25-16-9-14(22)8-15(23)10-16/h5-10H,3-4,11-12H2,1-2H3,(H,24,28)(H,25,26). The van der Waals surface area contributed by atoms with Crippen LogP contribution in [0.3, 0.4) is 0 Å². The van der Waals surface area contributed by atoms with Crippen LogP contribution < -0.4 is 20.1 Å². The normalized spacial score (nSPS) is 10.2. The van der Waals surface area contributed by atoms with E-state index in [0.29, 0.717) is 30.8 Å². The molecular weight excluding hydrogens is 414 g/mol. The zero-order valence-electron chi connectivity index (χ0n) is 17.0. The molecule has 2 aromatic carbocycles. The third-order valence-corrected chi connectivity index (χ3v) is 3.71. The molecule has 0 aliphatic carbocycles. The van der Waals surface area contributed by atoms with Crippen LogP contribution in [-0.4, -0.2) is 44.1 Å². The zero-order valence-corrected chi connectivity index (χ0v) is 17.0. The Morgan fingerprint density at radius 2 is 1.55 bits per heavy atom. The first-order chi connectivity index (χ1) is 14.8. The lowest BCUT2D eigenvalue weighted by molar-refractivity contribution is -0.146. The highest BCUT2D eigenvalue weighted by Crippen LogP contribution is 2.28. The molecule has 8 nitrogen and oxygen atoms in total. The number of rotatable bonds is 10. The number of ether oxygens (including phenoxy) is 3. The van der Waals surface area contributed by atoms with Gasteiger partial charge in [0.2, 0.25) is 0 Å². The van der Waals surface area contributed by atoms with Crippen LogP contribution in [0.4, 0.5) is 14.5 Å². The topological polar surface area (TPSA) is 103 Å². The number of carbonyl (C=O) groups is 3. The van der Waals surface area contributed by atoms with E-state index in [0.717, 1.165) is 12.1 Å². The van der Waals surface area contributed by atoms with Crippen LogP contribution in [0, 0.1) is 11.6 Å². The summed E-state index contributed by atoms with van der Waals surface area (Å²) < 4.78 is 41.8. The van der Waals surface area contributed by atoms with Gasteiger partial charge in [0.15, 0.2) is 18.1 Å². The molecular formula is C21H22F2N2O6. The van der Waals surface area contributed by atoms with Gasteiger partial charge in [-0.05, 0) is 44.2 Å². The fourth-order valence-electron chi connectivity index (χ4n) is 2.47. The maximum atomic E-state index is 13.1. The molecule has 0 aliphatic heterocycles. The van der Waals surface area contributed by atoms with Crippen LogP contribution in [0.25, 0.3) is 0 Å². The van der Waals surface area contributed by atoms with Gasteiger partial charge in [-0.25, -0.2) is 8.78 Å². The Hall–Kier alpha value is -3.69. The summed E-state index contributed by atoms with van der Waals surface area (Å²) in [5, 5.41) is 4.56. The van der Waals surface area contributed by atoms with Crippen LogP contribution in [0.2, 0.25) is 0 Å².